The molecule has 3 nitrogen and oxygen atoms in total. The Morgan fingerprint density at radius 1 is 0.488 bits per heavy atom. The van der Waals surface area contributed by atoms with Crippen molar-refractivity contribution in [2.45, 2.75) is 13.8 Å². The first-order valence-corrected chi connectivity index (χ1v) is 14.9. The van der Waals surface area contributed by atoms with E-state index in [1.807, 2.05) is 19.9 Å². The van der Waals surface area contributed by atoms with Gasteiger partial charge in [0.1, 0.15) is 16.7 Å². The third-order valence-electron chi connectivity index (χ3n) is 7.80. The van der Waals surface area contributed by atoms with Crippen molar-refractivity contribution in [2.75, 3.05) is 0 Å². The van der Waals surface area contributed by atoms with Gasteiger partial charge in [0.05, 0.1) is 11.2 Å². The number of aromatic nitrogens is 3. The molecule has 3 aromatic heterocycles. The molecule has 0 unspecified atom stereocenters. The Bertz CT molecular complexity index is 2120. The SMILES string of the molecule is CC.c1ccc(-c2cc(-c3ccccc3)c(-c3nc4ccccc4c4nc5ccccn5c34)c(-c3ccccc3)c2)cc1. The fourth-order valence-electron chi connectivity index (χ4n) is 5.91. The van der Waals surface area contributed by atoms with Gasteiger partial charge in [0, 0.05) is 17.1 Å². The molecule has 0 fully saturated rings. The summed E-state index contributed by atoms with van der Waals surface area (Å²) in [5.41, 5.74) is 12.8. The zero-order chi connectivity index (χ0) is 29.2. The molecule has 5 aromatic carbocycles. The number of rotatable bonds is 4. The molecule has 43 heavy (non-hydrogen) atoms. The molecule has 0 amide bonds. The maximum absolute atomic E-state index is 5.41. The van der Waals surface area contributed by atoms with E-state index in [9.17, 15) is 0 Å². The molecule has 0 spiro atoms. The Morgan fingerprint density at radius 3 is 1.65 bits per heavy atom. The van der Waals surface area contributed by atoms with E-state index >= 15 is 0 Å². The Hall–Kier alpha value is -5.54. The predicted octanol–water partition coefficient (Wildman–Crippen LogP) is 10.7. The van der Waals surface area contributed by atoms with E-state index in [-0.39, 0.29) is 0 Å². The fourth-order valence-corrected chi connectivity index (χ4v) is 5.91. The van der Waals surface area contributed by atoms with Gasteiger partial charge in [0.2, 0.25) is 0 Å². The molecule has 0 aliphatic carbocycles. The molecule has 0 bridgehead atoms. The van der Waals surface area contributed by atoms with Crippen LogP contribution in [0.25, 0.3) is 72.2 Å². The van der Waals surface area contributed by atoms with Crippen LogP contribution in [0.2, 0.25) is 0 Å². The molecule has 0 saturated heterocycles. The summed E-state index contributed by atoms with van der Waals surface area (Å²) >= 11 is 0. The minimum absolute atomic E-state index is 0.908. The van der Waals surface area contributed by atoms with E-state index in [1.54, 1.807) is 0 Å². The predicted molar refractivity (Wildman–Crippen MR) is 181 cm³/mol. The van der Waals surface area contributed by atoms with Crippen molar-refractivity contribution in [1.82, 2.24) is 14.4 Å². The van der Waals surface area contributed by atoms with Gasteiger partial charge in [-0.05, 0) is 63.7 Å². The first kappa shape index (κ1) is 26.4. The molecule has 0 saturated carbocycles. The van der Waals surface area contributed by atoms with E-state index in [0.717, 1.165) is 61.1 Å². The highest BCUT2D eigenvalue weighted by atomic mass is 15.0. The highest BCUT2D eigenvalue weighted by Gasteiger charge is 2.23. The van der Waals surface area contributed by atoms with Crippen molar-refractivity contribution in [2.24, 2.45) is 0 Å². The first-order chi connectivity index (χ1) is 21.3. The number of nitrogens with zero attached hydrogens (tertiary/aromatic N) is 3. The summed E-state index contributed by atoms with van der Waals surface area (Å²) in [7, 11) is 0. The molecule has 8 aromatic rings. The van der Waals surface area contributed by atoms with Crippen LogP contribution >= 0.6 is 0 Å². The van der Waals surface area contributed by atoms with Gasteiger partial charge in [-0.25, -0.2) is 9.97 Å². The average Bonchev–Trinajstić information content (AvgIpc) is 3.50. The smallest absolute Gasteiger partial charge is 0.137 e. The van der Waals surface area contributed by atoms with Crippen LogP contribution in [0.1, 0.15) is 13.8 Å². The summed E-state index contributed by atoms with van der Waals surface area (Å²) in [6.07, 6.45) is 2.09. The van der Waals surface area contributed by atoms with Crippen molar-refractivity contribution in [3.05, 3.63) is 152 Å². The normalized spacial score (nSPS) is 11.0. The van der Waals surface area contributed by atoms with Crippen molar-refractivity contribution < 1.29 is 0 Å². The van der Waals surface area contributed by atoms with E-state index in [1.165, 1.54) is 11.1 Å². The molecule has 0 aliphatic rings. The number of fused-ring (bicyclic) bond motifs is 5. The van der Waals surface area contributed by atoms with E-state index < -0.39 is 0 Å². The lowest BCUT2D eigenvalue weighted by atomic mass is 9.86. The second-order valence-electron chi connectivity index (χ2n) is 10.3. The van der Waals surface area contributed by atoms with Crippen LogP contribution in [-0.4, -0.2) is 14.4 Å². The van der Waals surface area contributed by atoms with Gasteiger partial charge in [0.25, 0.3) is 0 Å². The minimum Gasteiger partial charge on any atom is -0.298 e. The first-order valence-electron chi connectivity index (χ1n) is 14.9. The average molecular weight is 554 g/mol. The molecule has 206 valence electrons. The largest absolute Gasteiger partial charge is 0.298 e. The maximum atomic E-state index is 5.41. The molecule has 0 atom stereocenters. The molecule has 3 heterocycles. The molecule has 0 radical (unpaired) electrons. The lowest BCUT2D eigenvalue weighted by molar-refractivity contribution is 1.22. The monoisotopic (exact) mass is 553 g/mol. The van der Waals surface area contributed by atoms with E-state index in [2.05, 4.69) is 150 Å². The lowest BCUT2D eigenvalue weighted by Gasteiger charge is -2.19. The van der Waals surface area contributed by atoms with Crippen molar-refractivity contribution in [3.63, 3.8) is 0 Å². The zero-order valence-corrected chi connectivity index (χ0v) is 24.3. The lowest BCUT2D eigenvalue weighted by Crippen LogP contribution is -1.98. The second kappa shape index (κ2) is 11.4. The van der Waals surface area contributed by atoms with Crippen LogP contribution < -0.4 is 0 Å². The number of imidazole rings is 1. The van der Waals surface area contributed by atoms with Crippen LogP contribution in [-0.2, 0) is 0 Å². The van der Waals surface area contributed by atoms with Gasteiger partial charge >= 0.3 is 0 Å². The molecular weight excluding hydrogens is 522 g/mol. The summed E-state index contributed by atoms with van der Waals surface area (Å²) in [6, 6.07) is 51.0. The topological polar surface area (TPSA) is 30.2 Å². The van der Waals surface area contributed by atoms with Gasteiger partial charge in [0.15, 0.2) is 0 Å². The summed E-state index contributed by atoms with van der Waals surface area (Å²) in [5.74, 6) is 0. The van der Waals surface area contributed by atoms with Gasteiger partial charge in [-0.1, -0.05) is 129 Å². The molecule has 3 heteroatoms. The van der Waals surface area contributed by atoms with Crippen LogP contribution in [0.15, 0.2) is 152 Å². The van der Waals surface area contributed by atoms with E-state index in [0.29, 0.717) is 0 Å². The molecule has 8 rings (SSSR count). The van der Waals surface area contributed by atoms with Crippen molar-refractivity contribution in [1.29, 1.82) is 0 Å². The quantitative estimate of drug-likeness (QED) is 0.217. The number of pyridine rings is 2. The zero-order valence-electron chi connectivity index (χ0n) is 24.3. The van der Waals surface area contributed by atoms with Gasteiger partial charge < -0.3 is 0 Å². The highest BCUT2D eigenvalue weighted by molar-refractivity contribution is 6.12. The highest BCUT2D eigenvalue weighted by Crippen LogP contribution is 2.45. The number of para-hydroxylation sites is 1. The minimum atomic E-state index is 0.908. The van der Waals surface area contributed by atoms with Gasteiger partial charge in [-0.2, -0.15) is 0 Å². The van der Waals surface area contributed by atoms with Crippen molar-refractivity contribution >= 4 is 27.6 Å². The molecule has 0 aliphatic heterocycles. The summed E-state index contributed by atoms with van der Waals surface area (Å²) in [6.45, 7) is 4.00. The van der Waals surface area contributed by atoms with Crippen LogP contribution in [0, 0.1) is 0 Å². The Balaban J connectivity index is 0.00000147. The Morgan fingerprint density at radius 2 is 1.02 bits per heavy atom. The fraction of sp³-hybridized carbons (Fsp3) is 0.0500. The third-order valence-corrected chi connectivity index (χ3v) is 7.80. The maximum Gasteiger partial charge on any atom is 0.137 e. The summed E-state index contributed by atoms with van der Waals surface area (Å²) < 4.78 is 2.18. The number of benzene rings is 5. The third kappa shape index (κ3) is 4.65. The van der Waals surface area contributed by atoms with Crippen LogP contribution in [0.4, 0.5) is 0 Å². The molecule has 0 N–H and O–H groups in total. The molecular formula is C40H31N3. The summed E-state index contributed by atoms with van der Waals surface area (Å²) in [4.78, 5) is 10.5. The standard InChI is InChI=1S/C38H25N3.C2H6/c1-4-14-26(15-5-1)29-24-31(27-16-6-2-7-17-27)35(32(25-29)28-18-8-3-9-19-28)37-38-36(30-20-10-11-21-33(30)39-37)40-34-22-12-13-23-41(34)38;1-2/h1-25H;1-2H3. The number of hydrogen-bond donors (Lipinski definition) is 0. The Kier molecular flexibility index (Phi) is 6.98. The van der Waals surface area contributed by atoms with Gasteiger partial charge in [-0.15, -0.1) is 0 Å². The second-order valence-corrected chi connectivity index (χ2v) is 10.3. The van der Waals surface area contributed by atoms with Crippen LogP contribution in [0.5, 0.6) is 0 Å². The van der Waals surface area contributed by atoms with Crippen LogP contribution in [0.3, 0.4) is 0 Å². The van der Waals surface area contributed by atoms with Crippen molar-refractivity contribution in [3.8, 4) is 44.6 Å². The van der Waals surface area contributed by atoms with E-state index in [4.69, 9.17) is 9.97 Å². The van der Waals surface area contributed by atoms with Gasteiger partial charge in [-0.3, -0.25) is 4.40 Å². The summed E-state index contributed by atoms with van der Waals surface area (Å²) in [5, 5.41) is 1.05. The number of hydrogen-bond acceptors (Lipinski definition) is 2. The Labute approximate surface area is 251 Å².